The summed E-state index contributed by atoms with van der Waals surface area (Å²) < 4.78 is 10.5. The number of quaternary nitrogens is 1. The van der Waals surface area contributed by atoms with E-state index >= 15 is 0 Å². The summed E-state index contributed by atoms with van der Waals surface area (Å²) in [5.74, 6) is 1.28. The van der Waals surface area contributed by atoms with Gasteiger partial charge < -0.3 is 19.7 Å². The Morgan fingerprint density at radius 1 is 1.12 bits per heavy atom. The largest absolute Gasteiger partial charge is 0.493 e. The highest BCUT2D eigenvalue weighted by Gasteiger charge is 2.13. The van der Waals surface area contributed by atoms with Gasteiger partial charge in [0.2, 0.25) is 0 Å². The van der Waals surface area contributed by atoms with Gasteiger partial charge >= 0.3 is 0 Å². The lowest BCUT2D eigenvalue weighted by atomic mass is 10.2. The van der Waals surface area contributed by atoms with Crippen molar-refractivity contribution in [2.75, 3.05) is 33.1 Å². The van der Waals surface area contributed by atoms with E-state index in [0.717, 1.165) is 10.5 Å². The number of nitrogens with one attached hydrogen (secondary N) is 2. The van der Waals surface area contributed by atoms with Crippen molar-refractivity contribution in [3.05, 3.63) is 53.6 Å². The zero-order valence-electron chi connectivity index (χ0n) is 14.6. The van der Waals surface area contributed by atoms with Crippen LogP contribution in [0.3, 0.4) is 0 Å². The molecule has 1 atom stereocenters. The third-order valence-electron chi connectivity index (χ3n) is 3.71. The molecule has 2 rings (SSSR count). The van der Waals surface area contributed by atoms with E-state index < -0.39 is 0 Å². The van der Waals surface area contributed by atoms with Crippen LogP contribution in [0.4, 0.5) is 5.69 Å². The molecule has 0 aromatic heterocycles. The lowest BCUT2D eigenvalue weighted by Gasteiger charge is -2.15. The van der Waals surface area contributed by atoms with Crippen LogP contribution in [0.1, 0.15) is 11.1 Å². The normalized spacial score (nSPS) is 11.3. The first-order chi connectivity index (χ1) is 12.0. The number of carbonyl (C=O) groups excluding carboxylic acids is 1. The molecule has 0 aliphatic carbocycles. The van der Waals surface area contributed by atoms with Gasteiger partial charge in [0, 0.05) is 11.3 Å². The average Bonchev–Trinajstić information content (AvgIpc) is 2.62. The molecule has 0 spiro atoms. The third-order valence-corrected chi connectivity index (χ3v) is 3.71. The fourth-order valence-corrected chi connectivity index (χ4v) is 2.51. The Bertz CT molecular complexity index is 766. The monoisotopic (exact) mass is 340 g/mol. The lowest BCUT2D eigenvalue weighted by Crippen LogP contribution is -3.08. The maximum atomic E-state index is 12.1. The second kappa shape index (κ2) is 8.71. The van der Waals surface area contributed by atoms with Crippen LogP contribution in [0.2, 0.25) is 0 Å². The Labute approximate surface area is 147 Å². The fraction of sp³-hybridized carbons (Fsp3) is 0.263. The summed E-state index contributed by atoms with van der Waals surface area (Å²) in [5.41, 5.74) is 2.30. The van der Waals surface area contributed by atoms with E-state index in [4.69, 9.17) is 14.7 Å². The minimum absolute atomic E-state index is 0.0808. The number of nitriles is 1. The summed E-state index contributed by atoms with van der Waals surface area (Å²) >= 11 is 0. The van der Waals surface area contributed by atoms with E-state index in [-0.39, 0.29) is 5.91 Å². The second-order valence-electron chi connectivity index (χ2n) is 5.74. The summed E-state index contributed by atoms with van der Waals surface area (Å²) in [4.78, 5) is 13.2. The van der Waals surface area contributed by atoms with E-state index in [1.165, 1.54) is 0 Å². The van der Waals surface area contributed by atoms with E-state index in [1.807, 2.05) is 31.3 Å². The van der Waals surface area contributed by atoms with Crippen LogP contribution < -0.4 is 19.7 Å². The number of nitrogens with zero attached hydrogens (tertiary/aromatic N) is 1. The van der Waals surface area contributed by atoms with Gasteiger partial charge in [0.1, 0.15) is 6.54 Å². The maximum absolute atomic E-state index is 12.1. The number of likely N-dealkylation sites (N-methyl/N-ethyl adjacent to an activating group) is 1. The number of methoxy groups -OCH3 is 2. The first-order valence-electron chi connectivity index (χ1n) is 7.88. The zero-order valence-corrected chi connectivity index (χ0v) is 14.6. The average molecular weight is 340 g/mol. The molecule has 130 valence electrons. The van der Waals surface area contributed by atoms with Gasteiger partial charge in [0.15, 0.2) is 18.0 Å². The van der Waals surface area contributed by atoms with Crippen LogP contribution in [0, 0.1) is 11.3 Å². The molecule has 0 aliphatic rings. The van der Waals surface area contributed by atoms with Crippen molar-refractivity contribution < 1.29 is 19.2 Å². The standard InChI is InChI=1S/C19H21N3O3/c1-22(12-15-6-9-17(24-2)18(10-15)25-3)13-19(23)21-16-7-4-14(11-20)5-8-16/h4-10H,12-13H2,1-3H3,(H,21,23)/p+1. The molecule has 2 aromatic rings. The Balaban J connectivity index is 1.91. The molecule has 2 N–H and O–H groups in total. The highest BCUT2D eigenvalue weighted by atomic mass is 16.5. The van der Waals surface area contributed by atoms with Crippen LogP contribution in [0.25, 0.3) is 0 Å². The van der Waals surface area contributed by atoms with Gasteiger partial charge in [0.25, 0.3) is 5.91 Å². The summed E-state index contributed by atoms with van der Waals surface area (Å²) in [6, 6.07) is 14.6. The SMILES string of the molecule is COc1ccc(C[NH+](C)CC(=O)Nc2ccc(C#N)cc2)cc1OC. The highest BCUT2D eigenvalue weighted by molar-refractivity contribution is 5.91. The molecule has 0 saturated heterocycles. The summed E-state index contributed by atoms with van der Waals surface area (Å²) in [7, 11) is 5.15. The van der Waals surface area contributed by atoms with Crippen molar-refractivity contribution >= 4 is 11.6 Å². The Morgan fingerprint density at radius 3 is 2.40 bits per heavy atom. The van der Waals surface area contributed by atoms with E-state index in [1.54, 1.807) is 38.5 Å². The second-order valence-corrected chi connectivity index (χ2v) is 5.74. The van der Waals surface area contributed by atoms with Gasteiger partial charge in [-0.3, -0.25) is 4.79 Å². The molecule has 0 fully saturated rings. The van der Waals surface area contributed by atoms with Crippen molar-refractivity contribution in [2.45, 2.75) is 6.54 Å². The van der Waals surface area contributed by atoms with Gasteiger partial charge in [-0.2, -0.15) is 5.26 Å². The number of hydrogen-bond acceptors (Lipinski definition) is 4. The van der Waals surface area contributed by atoms with Crippen molar-refractivity contribution in [1.29, 1.82) is 5.26 Å². The number of amides is 1. The minimum atomic E-state index is -0.0808. The van der Waals surface area contributed by atoms with Crippen molar-refractivity contribution in [3.63, 3.8) is 0 Å². The Morgan fingerprint density at radius 2 is 1.80 bits per heavy atom. The number of ether oxygens (including phenoxy) is 2. The number of hydrogen-bond donors (Lipinski definition) is 2. The predicted molar refractivity (Wildman–Crippen MR) is 94.8 cm³/mol. The van der Waals surface area contributed by atoms with Crippen LogP contribution in [0.5, 0.6) is 11.5 Å². The Hall–Kier alpha value is -3.04. The molecule has 0 bridgehead atoms. The van der Waals surface area contributed by atoms with E-state index in [9.17, 15) is 4.79 Å². The molecular formula is C19H22N3O3+. The number of anilines is 1. The molecule has 1 unspecified atom stereocenters. The number of carbonyl (C=O) groups is 1. The molecule has 0 heterocycles. The Kier molecular flexibility index (Phi) is 6.38. The molecule has 2 aromatic carbocycles. The molecular weight excluding hydrogens is 318 g/mol. The van der Waals surface area contributed by atoms with Crippen LogP contribution in [0.15, 0.2) is 42.5 Å². The van der Waals surface area contributed by atoms with E-state index in [2.05, 4.69) is 5.32 Å². The quantitative estimate of drug-likeness (QED) is 0.795. The lowest BCUT2D eigenvalue weighted by molar-refractivity contribution is -0.885. The van der Waals surface area contributed by atoms with Gasteiger partial charge in [0.05, 0.1) is 32.9 Å². The summed E-state index contributed by atoms with van der Waals surface area (Å²) in [5, 5.41) is 11.6. The highest BCUT2D eigenvalue weighted by Crippen LogP contribution is 2.27. The molecule has 0 aliphatic heterocycles. The fourth-order valence-electron chi connectivity index (χ4n) is 2.51. The zero-order chi connectivity index (χ0) is 18.2. The van der Waals surface area contributed by atoms with Crippen molar-refractivity contribution in [2.24, 2.45) is 0 Å². The first kappa shape index (κ1) is 18.3. The molecule has 1 amide bonds. The molecule has 25 heavy (non-hydrogen) atoms. The van der Waals surface area contributed by atoms with Gasteiger partial charge in [-0.15, -0.1) is 0 Å². The van der Waals surface area contributed by atoms with Crippen molar-refractivity contribution in [3.8, 4) is 17.6 Å². The van der Waals surface area contributed by atoms with Gasteiger partial charge in [-0.25, -0.2) is 0 Å². The molecule has 0 radical (unpaired) electrons. The maximum Gasteiger partial charge on any atom is 0.279 e. The summed E-state index contributed by atoms with van der Waals surface area (Å²) in [6.45, 7) is 1.01. The third kappa shape index (κ3) is 5.23. The first-order valence-corrected chi connectivity index (χ1v) is 7.88. The van der Waals surface area contributed by atoms with Crippen molar-refractivity contribution in [1.82, 2.24) is 0 Å². The molecule has 6 heteroatoms. The summed E-state index contributed by atoms with van der Waals surface area (Å²) in [6.07, 6.45) is 0. The number of benzene rings is 2. The smallest absolute Gasteiger partial charge is 0.279 e. The molecule has 0 saturated carbocycles. The van der Waals surface area contributed by atoms with Gasteiger partial charge in [-0.1, -0.05) is 0 Å². The van der Waals surface area contributed by atoms with E-state index in [0.29, 0.717) is 35.8 Å². The minimum Gasteiger partial charge on any atom is -0.493 e. The van der Waals surface area contributed by atoms with Gasteiger partial charge in [-0.05, 0) is 42.5 Å². The van der Waals surface area contributed by atoms with Crippen LogP contribution >= 0.6 is 0 Å². The van der Waals surface area contributed by atoms with Crippen LogP contribution in [-0.2, 0) is 11.3 Å². The predicted octanol–water partition coefficient (Wildman–Crippen LogP) is 1.23. The molecule has 6 nitrogen and oxygen atoms in total. The van der Waals surface area contributed by atoms with Crippen LogP contribution in [-0.4, -0.2) is 33.7 Å². The topological polar surface area (TPSA) is 75.8 Å². The number of rotatable bonds is 7.